The Morgan fingerprint density at radius 1 is 0.964 bits per heavy atom. The highest BCUT2D eigenvalue weighted by Gasteiger charge is 2.17. The molecule has 8 heteroatoms. The van der Waals surface area contributed by atoms with E-state index in [0.29, 0.717) is 22.7 Å². The summed E-state index contributed by atoms with van der Waals surface area (Å²) in [6.07, 6.45) is 3.37. The first-order chi connectivity index (χ1) is 13.6. The Labute approximate surface area is 157 Å². The SMILES string of the molecule is Cn1ccc(-c2nc3[nH]ccc(=O)c3nc2-c2ccc3[nH]c(=O)ccc3c2)n1. The van der Waals surface area contributed by atoms with Gasteiger partial charge in [0.15, 0.2) is 11.2 Å². The number of aromatic nitrogens is 6. The Balaban J connectivity index is 1.84. The molecule has 0 saturated carbocycles. The fraction of sp³-hybridized carbons (Fsp3) is 0.0500. The minimum atomic E-state index is -0.208. The quantitative estimate of drug-likeness (QED) is 0.495. The largest absolute Gasteiger partial charge is 0.345 e. The lowest BCUT2D eigenvalue weighted by Crippen LogP contribution is -2.07. The zero-order valence-corrected chi connectivity index (χ0v) is 14.8. The van der Waals surface area contributed by atoms with Gasteiger partial charge in [0.2, 0.25) is 11.0 Å². The van der Waals surface area contributed by atoms with Crippen molar-refractivity contribution in [2.75, 3.05) is 0 Å². The Bertz CT molecular complexity index is 1480. The Kier molecular flexibility index (Phi) is 3.45. The van der Waals surface area contributed by atoms with Crippen LogP contribution in [0, 0.1) is 0 Å². The van der Waals surface area contributed by atoms with Gasteiger partial charge in [-0.25, -0.2) is 9.97 Å². The molecule has 5 aromatic rings. The first-order valence-electron chi connectivity index (χ1n) is 8.61. The Morgan fingerprint density at radius 2 is 1.86 bits per heavy atom. The number of pyridine rings is 2. The summed E-state index contributed by atoms with van der Waals surface area (Å²) in [5, 5.41) is 5.30. The van der Waals surface area contributed by atoms with Crippen molar-refractivity contribution in [2.45, 2.75) is 0 Å². The third-order valence-electron chi connectivity index (χ3n) is 4.54. The maximum atomic E-state index is 12.3. The van der Waals surface area contributed by atoms with Crippen LogP contribution in [0.15, 0.2) is 64.4 Å². The third kappa shape index (κ3) is 2.59. The zero-order chi connectivity index (χ0) is 19.3. The molecular weight excluding hydrogens is 356 g/mol. The van der Waals surface area contributed by atoms with Gasteiger partial charge in [-0.3, -0.25) is 14.3 Å². The average Bonchev–Trinajstić information content (AvgIpc) is 3.13. The molecule has 0 radical (unpaired) electrons. The van der Waals surface area contributed by atoms with Crippen molar-refractivity contribution in [1.29, 1.82) is 0 Å². The van der Waals surface area contributed by atoms with Crippen LogP contribution in [-0.2, 0) is 7.05 Å². The van der Waals surface area contributed by atoms with Gasteiger partial charge < -0.3 is 9.97 Å². The van der Waals surface area contributed by atoms with E-state index in [1.807, 2.05) is 37.5 Å². The molecule has 4 heterocycles. The number of aryl methyl sites for hydroxylation is 1. The lowest BCUT2D eigenvalue weighted by molar-refractivity contribution is 0.770. The van der Waals surface area contributed by atoms with Crippen LogP contribution in [0.5, 0.6) is 0 Å². The summed E-state index contributed by atoms with van der Waals surface area (Å²) in [5.74, 6) is 0. The predicted octanol–water partition coefficient (Wildman–Crippen LogP) is 2.23. The first kappa shape index (κ1) is 16.1. The number of nitrogens with one attached hydrogen (secondary N) is 2. The molecule has 0 aliphatic heterocycles. The molecule has 136 valence electrons. The van der Waals surface area contributed by atoms with Crippen molar-refractivity contribution in [2.24, 2.45) is 7.05 Å². The number of fused-ring (bicyclic) bond motifs is 2. The van der Waals surface area contributed by atoms with E-state index < -0.39 is 0 Å². The summed E-state index contributed by atoms with van der Waals surface area (Å²) in [6, 6.07) is 12.1. The van der Waals surface area contributed by atoms with E-state index in [1.165, 1.54) is 12.1 Å². The second-order valence-corrected chi connectivity index (χ2v) is 6.46. The molecule has 0 unspecified atom stereocenters. The van der Waals surface area contributed by atoms with E-state index in [1.54, 1.807) is 16.9 Å². The second kappa shape index (κ2) is 5.98. The average molecular weight is 370 g/mol. The Morgan fingerprint density at radius 3 is 2.68 bits per heavy atom. The summed E-state index contributed by atoms with van der Waals surface area (Å²) >= 11 is 0. The highest BCUT2D eigenvalue weighted by atomic mass is 16.1. The second-order valence-electron chi connectivity index (χ2n) is 6.46. The van der Waals surface area contributed by atoms with Crippen molar-refractivity contribution in [1.82, 2.24) is 29.7 Å². The number of hydrogen-bond acceptors (Lipinski definition) is 5. The smallest absolute Gasteiger partial charge is 0.248 e. The van der Waals surface area contributed by atoms with E-state index in [0.717, 1.165) is 16.5 Å². The van der Waals surface area contributed by atoms with Crippen LogP contribution < -0.4 is 11.0 Å². The van der Waals surface area contributed by atoms with Crippen LogP contribution in [0.25, 0.3) is 44.7 Å². The molecular formula is C20H14N6O2. The number of hydrogen-bond donors (Lipinski definition) is 2. The maximum absolute atomic E-state index is 12.3. The number of rotatable bonds is 2. The highest BCUT2D eigenvalue weighted by molar-refractivity contribution is 5.88. The van der Waals surface area contributed by atoms with Gasteiger partial charge in [-0.05, 0) is 29.7 Å². The van der Waals surface area contributed by atoms with Crippen molar-refractivity contribution in [3.63, 3.8) is 0 Å². The molecule has 0 amide bonds. The van der Waals surface area contributed by atoms with Crippen LogP contribution in [0.1, 0.15) is 0 Å². The molecule has 28 heavy (non-hydrogen) atoms. The molecule has 0 bridgehead atoms. The van der Waals surface area contributed by atoms with Gasteiger partial charge >= 0.3 is 0 Å². The summed E-state index contributed by atoms with van der Waals surface area (Å²) in [7, 11) is 1.83. The molecule has 4 aromatic heterocycles. The predicted molar refractivity (Wildman–Crippen MR) is 106 cm³/mol. The van der Waals surface area contributed by atoms with Crippen LogP contribution in [0.3, 0.4) is 0 Å². The van der Waals surface area contributed by atoms with Crippen molar-refractivity contribution >= 4 is 22.1 Å². The standard InChI is InChI=1S/C20H14N6O2/c1-26-9-7-14(25-26)18-17(23-19-15(27)6-8-21-20(19)24-18)12-2-4-13-11(10-12)3-5-16(28)22-13/h2-10H,1H3,(H,22,28)(H,21,24,27). The minimum Gasteiger partial charge on any atom is -0.345 e. The van der Waals surface area contributed by atoms with E-state index in [-0.39, 0.29) is 16.5 Å². The summed E-state index contributed by atoms with van der Waals surface area (Å²) in [4.78, 5) is 38.9. The van der Waals surface area contributed by atoms with E-state index in [9.17, 15) is 9.59 Å². The van der Waals surface area contributed by atoms with Gasteiger partial charge in [-0.15, -0.1) is 0 Å². The lowest BCUT2D eigenvalue weighted by Gasteiger charge is -2.09. The molecule has 0 aliphatic rings. The van der Waals surface area contributed by atoms with Crippen molar-refractivity contribution < 1.29 is 0 Å². The number of nitrogens with zero attached hydrogens (tertiary/aromatic N) is 4. The third-order valence-corrected chi connectivity index (χ3v) is 4.54. The van der Waals surface area contributed by atoms with Gasteiger partial charge in [-0.2, -0.15) is 5.10 Å². The first-order valence-corrected chi connectivity index (χ1v) is 8.61. The molecule has 5 rings (SSSR count). The molecule has 2 N–H and O–H groups in total. The molecule has 8 nitrogen and oxygen atoms in total. The van der Waals surface area contributed by atoms with Crippen LogP contribution in [-0.4, -0.2) is 29.7 Å². The van der Waals surface area contributed by atoms with Crippen molar-refractivity contribution in [3.8, 4) is 22.6 Å². The van der Waals surface area contributed by atoms with Gasteiger partial charge in [0.1, 0.15) is 11.4 Å². The normalized spacial score (nSPS) is 11.3. The van der Waals surface area contributed by atoms with E-state index >= 15 is 0 Å². The highest BCUT2D eigenvalue weighted by Crippen LogP contribution is 2.30. The van der Waals surface area contributed by atoms with Gasteiger partial charge in [0, 0.05) is 42.7 Å². The van der Waals surface area contributed by atoms with Gasteiger partial charge in [-0.1, -0.05) is 6.07 Å². The molecule has 0 saturated heterocycles. The maximum Gasteiger partial charge on any atom is 0.248 e. The lowest BCUT2D eigenvalue weighted by atomic mass is 10.0. The van der Waals surface area contributed by atoms with Crippen molar-refractivity contribution in [3.05, 3.63) is 75.4 Å². The van der Waals surface area contributed by atoms with Crippen LogP contribution in [0.2, 0.25) is 0 Å². The molecule has 0 fully saturated rings. The molecule has 0 atom stereocenters. The molecule has 0 spiro atoms. The van der Waals surface area contributed by atoms with Crippen LogP contribution in [0.4, 0.5) is 0 Å². The Hall–Kier alpha value is -4.07. The van der Waals surface area contributed by atoms with Crippen LogP contribution >= 0.6 is 0 Å². The van der Waals surface area contributed by atoms with E-state index in [2.05, 4.69) is 25.0 Å². The fourth-order valence-corrected chi connectivity index (χ4v) is 3.21. The number of H-pyrrole nitrogens is 2. The summed E-state index contributed by atoms with van der Waals surface area (Å²) in [6.45, 7) is 0. The molecule has 0 aliphatic carbocycles. The minimum absolute atomic E-state index is 0.161. The van der Waals surface area contributed by atoms with Gasteiger partial charge in [0.05, 0.1) is 5.69 Å². The number of aromatic amines is 2. The summed E-state index contributed by atoms with van der Waals surface area (Å²) in [5.41, 5.74) is 3.57. The molecule has 1 aromatic carbocycles. The van der Waals surface area contributed by atoms with E-state index in [4.69, 9.17) is 0 Å². The fourth-order valence-electron chi connectivity index (χ4n) is 3.21. The zero-order valence-electron chi connectivity index (χ0n) is 14.8. The number of benzene rings is 1. The van der Waals surface area contributed by atoms with Gasteiger partial charge in [0.25, 0.3) is 0 Å². The summed E-state index contributed by atoms with van der Waals surface area (Å²) < 4.78 is 1.68. The monoisotopic (exact) mass is 370 g/mol. The topological polar surface area (TPSA) is 109 Å².